The second-order valence-corrected chi connectivity index (χ2v) is 6.56. The summed E-state index contributed by atoms with van der Waals surface area (Å²) in [7, 11) is -2.61. The molecule has 0 atom stereocenters. The Labute approximate surface area is 133 Å². The fraction of sp³-hybridized carbons (Fsp3) is 0.444. The van der Waals surface area contributed by atoms with Gasteiger partial charge in [0.2, 0.25) is 0 Å². The lowest BCUT2D eigenvalue weighted by molar-refractivity contribution is 0.521. The maximum Gasteiger partial charge on any atom is 0.366 e. The molecule has 1 aromatic heterocycles. The van der Waals surface area contributed by atoms with Crippen molar-refractivity contribution in [2.24, 2.45) is 0 Å². The Morgan fingerprint density at radius 2 is 1.59 bits per heavy atom. The highest BCUT2D eigenvalue weighted by Gasteiger charge is 2.20. The Morgan fingerprint density at radius 1 is 0.955 bits per heavy atom. The normalized spacial score (nSPS) is 10.8. The van der Waals surface area contributed by atoms with Crippen molar-refractivity contribution in [3.8, 4) is 5.69 Å². The minimum Gasteiger partial charge on any atom is -0.308 e. The Bertz CT molecular complexity index is 664. The van der Waals surface area contributed by atoms with Gasteiger partial charge in [-0.25, -0.2) is 9.13 Å². The summed E-state index contributed by atoms with van der Waals surface area (Å²) in [5, 5.41) is 0. The first kappa shape index (κ1) is 16.8. The van der Waals surface area contributed by atoms with Crippen molar-refractivity contribution in [1.29, 1.82) is 0 Å². The van der Waals surface area contributed by atoms with Crippen LogP contribution in [-0.2, 0) is 22.0 Å². The summed E-state index contributed by atoms with van der Waals surface area (Å²) in [5.41, 5.74) is 3.60. The molecule has 0 saturated carbocycles. The third-order valence-electron chi connectivity index (χ3n) is 3.96. The van der Waals surface area contributed by atoms with E-state index in [0.717, 1.165) is 49.8 Å². The molecule has 2 rings (SSSR count). The van der Waals surface area contributed by atoms with E-state index in [-0.39, 0.29) is 0 Å². The van der Waals surface area contributed by atoms with E-state index in [1.807, 2.05) is 41.1 Å². The monoisotopic (exact) mass is 317 g/mol. The molecule has 0 bridgehead atoms. The van der Waals surface area contributed by atoms with Gasteiger partial charge in [-0.15, -0.1) is 0 Å². The summed E-state index contributed by atoms with van der Waals surface area (Å²) in [4.78, 5) is 0. The lowest BCUT2D eigenvalue weighted by atomic mass is 10.0. The second kappa shape index (κ2) is 8.14. The summed E-state index contributed by atoms with van der Waals surface area (Å²) >= 11 is 0. The van der Waals surface area contributed by atoms with Crippen LogP contribution in [0.5, 0.6) is 0 Å². The summed E-state index contributed by atoms with van der Waals surface area (Å²) in [5.74, 6) is 0. The fourth-order valence-corrected chi connectivity index (χ4v) is 3.60. The molecule has 2 aromatic rings. The molecule has 0 spiro atoms. The zero-order chi connectivity index (χ0) is 15.9. The largest absolute Gasteiger partial charge is 0.366 e. The van der Waals surface area contributed by atoms with Crippen LogP contribution in [0.1, 0.15) is 50.7 Å². The van der Waals surface area contributed by atoms with Gasteiger partial charge in [-0.2, -0.15) is 0 Å². The van der Waals surface area contributed by atoms with Gasteiger partial charge in [0.1, 0.15) is 0 Å². The lowest BCUT2D eigenvalue weighted by Crippen LogP contribution is -2.12. The highest BCUT2D eigenvalue weighted by molar-refractivity contribution is 7.40. The van der Waals surface area contributed by atoms with Gasteiger partial charge in [0, 0.05) is 11.9 Å². The van der Waals surface area contributed by atoms with Gasteiger partial charge in [-0.3, -0.25) is 0 Å². The van der Waals surface area contributed by atoms with Crippen molar-refractivity contribution < 1.29 is 9.13 Å². The van der Waals surface area contributed by atoms with Gasteiger partial charge in [0.25, 0.3) is 0 Å². The molecule has 0 aliphatic heterocycles. The van der Waals surface area contributed by atoms with E-state index in [1.165, 1.54) is 5.56 Å². The molecule has 4 heteroatoms. The molecular weight excluding hydrogens is 293 g/mol. The highest BCUT2D eigenvalue weighted by atomic mass is 31.1. The molecule has 1 heterocycles. The van der Waals surface area contributed by atoms with Crippen LogP contribution in [0.25, 0.3) is 5.69 Å². The van der Waals surface area contributed by atoms with Gasteiger partial charge >= 0.3 is 7.68 Å². The van der Waals surface area contributed by atoms with Gasteiger partial charge in [-0.05, 0) is 48.9 Å². The summed E-state index contributed by atoms with van der Waals surface area (Å²) in [6.45, 7) is 4.30. The Kier molecular flexibility index (Phi) is 6.21. The Morgan fingerprint density at radius 3 is 2.18 bits per heavy atom. The van der Waals surface area contributed by atoms with E-state index < -0.39 is 7.68 Å². The molecule has 3 nitrogen and oxygen atoms in total. The van der Waals surface area contributed by atoms with Crippen LogP contribution in [0.15, 0.2) is 36.5 Å². The first-order valence-corrected chi connectivity index (χ1v) is 9.29. The van der Waals surface area contributed by atoms with Gasteiger partial charge < -0.3 is 4.57 Å². The van der Waals surface area contributed by atoms with E-state index in [0.29, 0.717) is 5.44 Å². The van der Waals surface area contributed by atoms with Crippen LogP contribution in [0.2, 0.25) is 0 Å². The van der Waals surface area contributed by atoms with Crippen LogP contribution in [-0.4, -0.2) is 4.57 Å². The number of hydrogen-bond donors (Lipinski definition) is 0. The molecule has 0 fully saturated rings. The Hall–Kier alpha value is -1.60. The molecule has 22 heavy (non-hydrogen) atoms. The maximum atomic E-state index is 11.9. The predicted molar refractivity (Wildman–Crippen MR) is 90.9 cm³/mol. The molecule has 0 radical (unpaired) electrons. The van der Waals surface area contributed by atoms with Crippen molar-refractivity contribution in [3.63, 3.8) is 0 Å². The van der Waals surface area contributed by atoms with E-state index in [2.05, 4.69) is 13.8 Å². The van der Waals surface area contributed by atoms with E-state index in [4.69, 9.17) is 0 Å². The zero-order valence-corrected chi connectivity index (χ0v) is 14.3. The SMILES string of the molecule is CCCCc1cn(-c2ccccc2)c(P(=O)=O)c1CCCC. The van der Waals surface area contributed by atoms with Crippen molar-refractivity contribution in [1.82, 2.24) is 4.57 Å². The fourth-order valence-electron chi connectivity index (χ4n) is 2.78. The van der Waals surface area contributed by atoms with Crippen molar-refractivity contribution in [2.45, 2.75) is 52.4 Å². The molecule has 0 aliphatic carbocycles. The lowest BCUT2D eigenvalue weighted by Gasteiger charge is -2.05. The number of hydrogen-bond acceptors (Lipinski definition) is 2. The molecular formula is C18H24NO2P. The van der Waals surface area contributed by atoms with Crippen LogP contribution < -0.4 is 5.44 Å². The maximum absolute atomic E-state index is 11.9. The third kappa shape index (κ3) is 3.78. The van der Waals surface area contributed by atoms with Crippen LogP contribution in [0.3, 0.4) is 0 Å². The van der Waals surface area contributed by atoms with Gasteiger partial charge in [0.05, 0.1) is 0 Å². The van der Waals surface area contributed by atoms with Crippen LogP contribution in [0, 0.1) is 0 Å². The molecule has 0 amide bonds. The van der Waals surface area contributed by atoms with Crippen molar-refractivity contribution in [2.75, 3.05) is 0 Å². The third-order valence-corrected chi connectivity index (χ3v) is 4.79. The van der Waals surface area contributed by atoms with Gasteiger partial charge in [0.15, 0.2) is 5.44 Å². The van der Waals surface area contributed by atoms with Gasteiger partial charge in [-0.1, -0.05) is 44.9 Å². The summed E-state index contributed by atoms with van der Waals surface area (Å²) < 4.78 is 25.6. The number of aromatic nitrogens is 1. The Balaban J connectivity index is 2.54. The molecule has 118 valence electrons. The molecule has 1 aromatic carbocycles. The van der Waals surface area contributed by atoms with Crippen LogP contribution >= 0.6 is 7.68 Å². The summed E-state index contributed by atoms with van der Waals surface area (Å²) in [6.07, 6.45) is 8.11. The highest BCUT2D eigenvalue weighted by Crippen LogP contribution is 2.23. The first-order valence-electron chi connectivity index (χ1n) is 8.11. The number of nitrogens with zero attached hydrogens (tertiary/aromatic N) is 1. The minimum absolute atomic E-state index is 0.473. The van der Waals surface area contributed by atoms with E-state index in [1.54, 1.807) is 0 Å². The number of benzene rings is 1. The standard InChI is InChI=1S/C18H24NO2P/c1-3-5-10-15-14-19(16-11-8-7-9-12-16)18(22(20)21)17(15)13-6-4-2/h7-9,11-12,14H,3-6,10,13H2,1-2H3. The van der Waals surface area contributed by atoms with E-state index in [9.17, 15) is 9.13 Å². The van der Waals surface area contributed by atoms with Crippen LogP contribution in [0.4, 0.5) is 0 Å². The average molecular weight is 317 g/mol. The topological polar surface area (TPSA) is 39.1 Å². The number of para-hydroxylation sites is 1. The minimum atomic E-state index is -2.61. The summed E-state index contributed by atoms with van der Waals surface area (Å²) in [6, 6.07) is 9.73. The first-order chi connectivity index (χ1) is 10.7. The smallest absolute Gasteiger partial charge is 0.308 e. The predicted octanol–water partition coefficient (Wildman–Crippen LogP) is 4.96. The zero-order valence-electron chi connectivity index (χ0n) is 13.4. The van der Waals surface area contributed by atoms with Crippen molar-refractivity contribution >= 4 is 13.1 Å². The number of aryl methyl sites for hydroxylation is 1. The molecule has 0 N–H and O–H groups in total. The number of rotatable bonds is 8. The van der Waals surface area contributed by atoms with Crippen molar-refractivity contribution in [3.05, 3.63) is 47.7 Å². The molecule has 0 saturated heterocycles. The number of unbranched alkanes of at least 4 members (excludes halogenated alkanes) is 2. The molecule has 0 aliphatic rings. The average Bonchev–Trinajstić information content (AvgIpc) is 2.90. The quantitative estimate of drug-likeness (QED) is 0.645. The molecule has 0 unspecified atom stereocenters. The second-order valence-electron chi connectivity index (χ2n) is 5.63. The van der Waals surface area contributed by atoms with E-state index >= 15 is 0 Å².